The standard InChI is InChI=1S/C20H24N4O3/c1-14-17(15(2)24(22-14)16-7-4-3-5-8-16)11-18(25)23-10-6-9-20(13-23)12-21-19(26)27-20/h3-5,7-8H,6,9-13H2,1-2H3,(H,21,26)/t20-/m1/s1. The van der Waals surface area contributed by atoms with Crippen LogP contribution in [0.1, 0.15) is 29.8 Å². The van der Waals surface area contributed by atoms with Crippen molar-refractivity contribution in [1.82, 2.24) is 20.0 Å². The molecule has 0 aliphatic carbocycles. The smallest absolute Gasteiger partial charge is 0.407 e. The van der Waals surface area contributed by atoms with Gasteiger partial charge in [-0.15, -0.1) is 0 Å². The third-order valence-corrected chi connectivity index (χ3v) is 5.53. The summed E-state index contributed by atoms with van der Waals surface area (Å²) in [7, 11) is 0. The van der Waals surface area contributed by atoms with Gasteiger partial charge in [-0.2, -0.15) is 5.10 Å². The number of para-hydroxylation sites is 1. The van der Waals surface area contributed by atoms with Crippen molar-refractivity contribution in [3.8, 4) is 5.69 Å². The summed E-state index contributed by atoms with van der Waals surface area (Å²) < 4.78 is 7.36. The number of likely N-dealkylation sites (tertiary alicyclic amines) is 1. The molecule has 0 radical (unpaired) electrons. The molecule has 1 atom stereocenters. The zero-order valence-electron chi connectivity index (χ0n) is 15.7. The summed E-state index contributed by atoms with van der Waals surface area (Å²) in [6.07, 6.45) is 1.55. The van der Waals surface area contributed by atoms with Crippen molar-refractivity contribution >= 4 is 12.0 Å². The minimum absolute atomic E-state index is 0.0517. The maximum Gasteiger partial charge on any atom is 0.407 e. The molecule has 2 fully saturated rings. The number of piperidine rings is 1. The average Bonchev–Trinajstić information content (AvgIpc) is 3.16. The molecule has 2 saturated heterocycles. The van der Waals surface area contributed by atoms with Gasteiger partial charge in [0.2, 0.25) is 5.91 Å². The fourth-order valence-electron chi connectivity index (χ4n) is 4.06. The predicted octanol–water partition coefficient (Wildman–Crippen LogP) is 2.13. The van der Waals surface area contributed by atoms with Crippen LogP contribution in [0.25, 0.3) is 5.69 Å². The van der Waals surface area contributed by atoms with Gasteiger partial charge in [0, 0.05) is 17.8 Å². The maximum absolute atomic E-state index is 13.0. The summed E-state index contributed by atoms with van der Waals surface area (Å²) in [6.45, 7) is 5.56. The Balaban J connectivity index is 1.52. The van der Waals surface area contributed by atoms with Crippen LogP contribution in [0.2, 0.25) is 0 Å². The van der Waals surface area contributed by atoms with Gasteiger partial charge in [0.05, 0.1) is 30.9 Å². The number of carbonyl (C=O) groups excluding carboxylic acids is 2. The Hall–Kier alpha value is -2.83. The Morgan fingerprint density at radius 3 is 2.78 bits per heavy atom. The highest BCUT2D eigenvalue weighted by molar-refractivity contribution is 5.80. The Kier molecular flexibility index (Phi) is 4.37. The Morgan fingerprint density at radius 1 is 1.30 bits per heavy atom. The molecular weight excluding hydrogens is 344 g/mol. The number of nitrogens with zero attached hydrogens (tertiary/aromatic N) is 3. The minimum Gasteiger partial charge on any atom is -0.439 e. The van der Waals surface area contributed by atoms with Gasteiger partial charge >= 0.3 is 6.09 Å². The Morgan fingerprint density at radius 2 is 2.07 bits per heavy atom. The third-order valence-electron chi connectivity index (χ3n) is 5.53. The van der Waals surface area contributed by atoms with Crippen LogP contribution in [-0.2, 0) is 16.0 Å². The van der Waals surface area contributed by atoms with Crippen LogP contribution in [0.5, 0.6) is 0 Å². The molecule has 4 rings (SSSR count). The largest absolute Gasteiger partial charge is 0.439 e. The average molecular weight is 368 g/mol. The van der Waals surface area contributed by atoms with Gasteiger partial charge in [0.15, 0.2) is 0 Å². The van der Waals surface area contributed by atoms with Crippen molar-refractivity contribution in [3.05, 3.63) is 47.3 Å². The number of aryl methyl sites for hydroxylation is 1. The fourth-order valence-corrected chi connectivity index (χ4v) is 4.06. The number of nitrogens with one attached hydrogen (secondary N) is 1. The first-order chi connectivity index (χ1) is 13.0. The number of aromatic nitrogens is 2. The summed E-state index contributed by atoms with van der Waals surface area (Å²) >= 11 is 0. The fraction of sp³-hybridized carbons (Fsp3) is 0.450. The van der Waals surface area contributed by atoms with E-state index in [1.54, 1.807) is 0 Å². The van der Waals surface area contributed by atoms with Gasteiger partial charge in [-0.3, -0.25) is 4.79 Å². The topological polar surface area (TPSA) is 76.5 Å². The Labute approximate surface area is 158 Å². The zero-order valence-corrected chi connectivity index (χ0v) is 15.7. The van der Waals surface area contributed by atoms with Gasteiger partial charge in [0.25, 0.3) is 0 Å². The molecule has 1 spiro atoms. The normalized spacial score (nSPS) is 22.0. The van der Waals surface area contributed by atoms with Crippen LogP contribution in [0.3, 0.4) is 0 Å². The number of carbonyl (C=O) groups is 2. The molecule has 1 aromatic carbocycles. The minimum atomic E-state index is -0.566. The van der Waals surface area contributed by atoms with E-state index in [-0.39, 0.29) is 12.0 Å². The number of hydrogen-bond acceptors (Lipinski definition) is 4. The van der Waals surface area contributed by atoms with Crippen molar-refractivity contribution in [3.63, 3.8) is 0 Å². The van der Waals surface area contributed by atoms with E-state index < -0.39 is 5.60 Å². The number of rotatable bonds is 3. The highest BCUT2D eigenvalue weighted by atomic mass is 16.6. The van der Waals surface area contributed by atoms with Gasteiger partial charge in [-0.05, 0) is 38.8 Å². The molecule has 3 heterocycles. The molecule has 27 heavy (non-hydrogen) atoms. The van der Waals surface area contributed by atoms with Crippen LogP contribution in [0.4, 0.5) is 4.79 Å². The highest BCUT2D eigenvalue weighted by Gasteiger charge is 2.44. The Bertz CT molecular complexity index is 877. The van der Waals surface area contributed by atoms with Crippen LogP contribution in [0, 0.1) is 13.8 Å². The number of alkyl carbamates (subject to hydrolysis) is 1. The molecule has 7 heteroatoms. The molecule has 0 saturated carbocycles. The first-order valence-electron chi connectivity index (χ1n) is 9.33. The van der Waals surface area contributed by atoms with E-state index in [4.69, 9.17) is 4.74 Å². The molecule has 2 aliphatic rings. The zero-order chi connectivity index (χ0) is 19.0. The van der Waals surface area contributed by atoms with Crippen LogP contribution in [-0.4, -0.2) is 51.9 Å². The van der Waals surface area contributed by atoms with Gasteiger partial charge in [-0.1, -0.05) is 18.2 Å². The lowest BCUT2D eigenvalue weighted by Crippen LogP contribution is -2.52. The summed E-state index contributed by atoms with van der Waals surface area (Å²) in [4.78, 5) is 26.3. The van der Waals surface area contributed by atoms with E-state index in [2.05, 4.69) is 10.4 Å². The van der Waals surface area contributed by atoms with E-state index in [0.29, 0.717) is 26.1 Å². The first-order valence-corrected chi connectivity index (χ1v) is 9.33. The van der Waals surface area contributed by atoms with Crippen LogP contribution >= 0.6 is 0 Å². The number of amides is 2. The van der Waals surface area contributed by atoms with Crippen molar-refractivity contribution in [2.45, 2.75) is 38.7 Å². The van der Waals surface area contributed by atoms with Gasteiger partial charge in [-0.25, -0.2) is 9.48 Å². The van der Waals surface area contributed by atoms with E-state index >= 15 is 0 Å². The molecule has 0 bridgehead atoms. The number of ether oxygens (including phenoxy) is 1. The maximum atomic E-state index is 13.0. The van der Waals surface area contributed by atoms with Crippen molar-refractivity contribution < 1.29 is 14.3 Å². The van der Waals surface area contributed by atoms with Gasteiger partial charge in [0.1, 0.15) is 5.60 Å². The van der Waals surface area contributed by atoms with Gasteiger partial charge < -0.3 is 15.0 Å². The molecule has 7 nitrogen and oxygen atoms in total. The van der Waals surface area contributed by atoms with E-state index in [1.165, 1.54) is 0 Å². The molecule has 142 valence electrons. The summed E-state index contributed by atoms with van der Waals surface area (Å²) in [5.41, 5.74) is 3.23. The summed E-state index contributed by atoms with van der Waals surface area (Å²) in [5, 5.41) is 7.34. The molecule has 0 unspecified atom stereocenters. The van der Waals surface area contributed by atoms with Crippen LogP contribution < -0.4 is 5.32 Å². The van der Waals surface area contributed by atoms with Crippen molar-refractivity contribution in [1.29, 1.82) is 0 Å². The quantitative estimate of drug-likeness (QED) is 0.900. The molecule has 2 aliphatic heterocycles. The third kappa shape index (κ3) is 3.29. The second-order valence-electron chi connectivity index (χ2n) is 7.42. The van der Waals surface area contributed by atoms with Crippen LogP contribution in [0.15, 0.2) is 30.3 Å². The number of hydrogen-bond donors (Lipinski definition) is 1. The predicted molar refractivity (Wildman–Crippen MR) is 99.8 cm³/mol. The highest BCUT2D eigenvalue weighted by Crippen LogP contribution is 2.29. The lowest BCUT2D eigenvalue weighted by atomic mass is 9.92. The lowest BCUT2D eigenvalue weighted by molar-refractivity contribution is -0.136. The second-order valence-corrected chi connectivity index (χ2v) is 7.42. The monoisotopic (exact) mass is 368 g/mol. The van der Waals surface area contributed by atoms with E-state index in [1.807, 2.05) is 53.8 Å². The summed E-state index contributed by atoms with van der Waals surface area (Å²) in [5.74, 6) is 0.0517. The second kappa shape index (κ2) is 6.72. The molecule has 2 amide bonds. The van der Waals surface area contributed by atoms with Crippen molar-refractivity contribution in [2.24, 2.45) is 0 Å². The number of benzene rings is 1. The SMILES string of the molecule is Cc1nn(-c2ccccc2)c(C)c1CC(=O)N1CCC[C@@]2(CNC(=O)O2)C1. The molecule has 1 aromatic heterocycles. The lowest BCUT2D eigenvalue weighted by Gasteiger charge is -2.38. The molecule has 1 N–H and O–H groups in total. The molecular formula is C20H24N4O3. The van der Waals surface area contributed by atoms with E-state index in [9.17, 15) is 9.59 Å². The summed E-state index contributed by atoms with van der Waals surface area (Å²) in [6, 6.07) is 9.92. The first kappa shape index (κ1) is 17.6. The van der Waals surface area contributed by atoms with Crippen molar-refractivity contribution in [2.75, 3.05) is 19.6 Å². The van der Waals surface area contributed by atoms with E-state index in [0.717, 1.165) is 35.5 Å². The molecule has 2 aromatic rings.